The second kappa shape index (κ2) is 8.03. The molecule has 0 amide bonds. The molecule has 2 aromatic rings. The molecule has 2 N–H and O–H groups in total. The Hall–Kier alpha value is -2.53. The summed E-state index contributed by atoms with van der Waals surface area (Å²) in [4.78, 5) is 10.8. The smallest absolute Gasteiger partial charge is 0.335 e. The van der Waals surface area contributed by atoms with Gasteiger partial charge in [0.05, 0.1) is 5.56 Å². The normalized spacial score (nSPS) is 12.5. The molecule has 5 heteroatoms. The molecule has 2 rings (SSSR count). The molecule has 5 nitrogen and oxygen atoms in total. The number of carboxylic acids is 1. The summed E-state index contributed by atoms with van der Waals surface area (Å²) in [5.41, 5.74) is 1.49. The standard InChI is InChI=1S/C20H24O5/c1-20(2,3)15-6-10-18(11-7-15)25-13-16(21)12-24-17-8-4-14(5-9-17)19(22)23/h4-11,16,21H,12-13H2,1-3H3,(H,22,23)/t16-/m0/s1. The van der Waals surface area contributed by atoms with Gasteiger partial charge in [0.15, 0.2) is 0 Å². The maximum absolute atomic E-state index is 10.8. The molecular formula is C20H24O5. The third-order valence-corrected chi connectivity index (χ3v) is 3.71. The summed E-state index contributed by atoms with van der Waals surface area (Å²) < 4.78 is 11.0. The highest BCUT2D eigenvalue weighted by molar-refractivity contribution is 5.87. The molecule has 0 aliphatic heterocycles. The van der Waals surface area contributed by atoms with E-state index in [2.05, 4.69) is 20.8 Å². The van der Waals surface area contributed by atoms with Crippen LogP contribution in [0.5, 0.6) is 11.5 Å². The van der Waals surface area contributed by atoms with Gasteiger partial charge in [0.25, 0.3) is 0 Å². The van der Waals surface area contributed by atoms with E-state index in [1.165, 1.54) is 17.7 Å². The first-order chi connectivity index (χ1) is 11.8. The van der Waals surface area contributed by atoms with Gasteiger partial charge in [-0.25, -0.2) is 4.79 Å². The molecule has 0 aliphatic rings. The van der Waals surface area contributed by atoms with Gasteiger partial charge in [-0.1, -0.05) is 32.9 Å². The average Bonchev–Trinajstić information content (AvgIpc) is 2.58. The zero-order valence-electron chi connectivity index (χ0n) is 14.7. The van der Waals surface area contributed by atoms with E-state index in [0.29, 0.717) is 11.5 Å². The van der Waals surface area contributed by atoms with Crippen LogP contribution in [0.25, 0.3) is 0 Å². The Bertz CT molecular complexity index is 684. The zero-order valence-corrected chi connectivity index (χ0v) is 14.7. The number of carboxylic acid groups (broad SMARTS) is 1. The van der Waals surface area contributed by atoms with Crippen LogP contribution in [-0.2, 0) is 5.41 Å². The summed E-state index contributed by atoms with van der Waals surface area (Å²) in [5, 5.41) is 18.8. The number of aromatic carboxylic acids is 1. The van der Waals surface area contributed by atoms with Gasteiger partial charge in [-0.05, 0) is 47.4 Å². The van der Waals surface area contributed by atoms with Crippen molar-refractivity contribution in [3.8, 4) is 11.5 Å². The summed E-state index contributed by atoms with van der Waals surface area (Å²) in [5.74, 6) is 0.203. The van der Waals surface area contributed by atoms with Gasteiger partial charge in [-0.2, -0.15) is 0 Å². The van der Waals surface area contributed by atoms with Crippen molar-refractivity contribution in [3.05, 3.63) is 59.7 Å². The average molecular weight is 344 g/mol. The quantitative estimate of drug-likeness (QED) is 0.804. The van der Waals surface area contributed by atoms with Crippen LogP contribution < -0.4 is 9.47 Å². The molecule has 134 valence electrons. The fourth-order valence-corrected chi connectivity index (χ4v) is 2.18. The van der Waals surface area contributed by atoms with E-state index in [1.807, 2.05) is 24.3 Å². The van der Waals surface area contributed by atoms with Crippen LogP contribution in [0.3, 0.4) is 0 Å². The fourth-order valence-electron chi connectivity index (χ4n) is 2.18. The first-order valence-electron chi connectivity index (χ1n) is 8.13. The Balaban J connectivity index is 1.78. The molecule has 0 unspecified atom stereocenters. The van der Waals surface area contributed by atoms with Crippen LogP contribution >= 0.6 is 0 Å². The Morgan fingerprint density at radius 3 is 1.76 bits per heavy atom. The van der Waals surface area contributed by atoms with Crippen molar-refractivity contribution in [3.63, 3.8) is 0 Å². The maximum Gasteiger partial charge on any atom is 0.335 e. The van der Waals surface area contributed by atoms with Gasteiger partial charge in [-0.3, -0.25) is 0 Å². The number of hydrogen-bond donors (Lipinski definition) is 2. The van der Waals surface area contributed by atoms with Crippen LogP contribution in [0.1, 0.15) is 36.7 Å². The van der Waals surface area contributed by atoms with Crippen molar-refractivity contribution in [2.75, 3.05) is 13.2 Å². The molecule has 0 fully saturated rings. The lowest BCUT2D eigenvalue weighted by atomic mass is 9.87. The monoisotopic (exact) mass is 344 g/mol. The summed E-state index contributed by atoms with van der Waals surface area (Å²) in [6.45, 7) is 6.61. The minimum absolute atomic E-state index is 0.0620. The summed E-state index contributed by atoms with van der Waals surface area (Å²) >= 11 is 0. The number of hydrogen-bond acceptors (Lipinski definition) is 4. The molecule has 0 radical (unpaired) electrons. The lowest BCUT2D eigenvalue weighted by Gasteiger charge is -2.19. The van der Waals surface area contributed by atoms with Crippen molar-refractivity contribution in [2.45, 2.75) is 32.3 Å². The maximum atomic E-state index is 10.8. The number of aliphatic hydroxyl groups is 1. The van der Waals surface area contributed by atoms with Gasteiger partial charge in [0, 0.05) is 0 Å². The molecular weight excluding hydrogens is 320 g/mol. The van der Waals surface area contributed by atoms with Gasteiger partial charge < -0.3 is 19.7 Å². The van der Waals surface area contributed by atoms with Crippen LogP contribution in [0.15, 0.2) is 48.5 Å². The summed E-state index contributed by atoms with van der Waals surface area (Å²) in [6.07, 6.45) is -0.790. The number of benzene rings is 2. The molecule has 2 aromatic carbocycles. The van der Waals surface area contributed by atoms with Crippen LogP contribution in [0, 0.1) is 0 Å². The van der Waals surface area contributed by atoms with Gasteiger partial charge in [-0.15, -0.1) is 0 Å². The predicted octanol–water partition coefficient (Wildman–Crippen LogP) is 3.50. The first-order valence-corrected chi connectivity index (χ1v) is 8.13. The van der Waals surface area contributed by atoms with Gasteiger partial charge >= 0.3 is 5.97 Å². The number of aliphatic hydroxyl groups excluding tert-OH is 1. The molecule has 0 spiro atoms. The molecule has 25 heavy (non-hydrogen) atoms. The molecule has 0 heterocycles. The van der Waals surface area contributed by atoms with Crippen LogP contribution in [-0.4, -0.2) is 35.5 Å². The molecule has 0 saturated carbocycles. The number of carbonyl (C=O) groups is 1. The lowest BCUT2D eigenvalue weighted by Crippen LogP contribution is -2.25. The van der Waals surface area contributed by atoms with E-state index in [9.17, 15) is 9.90 Å². The van der Waals surface area contributed by atoms with E-state index in [4.69, 9.17) is 14.6 Å². The van der Waals surface area contributed by atoms with Gasteiger partial charge in [0.1, 0.15) is 30.8 Å². The van der Waals surface area contributed by atoms with E-state index in [1.54, 1.807) is 12.1 Å². The first kappa shape index (κ1) is 18.8. The second-order valence-electron chi connectivity index (χ2n) is 6.88. The minimum Gasteiger partial charge on any atom is -0.491 e. The van der Waals surface area contributed by atoms with Crippen LogP contribution in [0.4, 0.5) is 0 Å². The van der Waals surface area contributed by atoms with E-state index in [0.717, 1.165) is 0 Å². The largest absolute Gasteiger partial charge is 0.491 e. The van der Waals surface area contributed by atoms with Crippen molar-refractivity contribution in [2.24, 2.45) is 0 Å². The van der Waals surface area contributed by atoms with Gasteiger partial charge in [0.2, 0.25) is 0 Å². The fraction of sp³-hybridized carbons (Fsp3) is 0.350. The third-order valence-electron chi connectivity index (χ3n) is 3.71. The van der Waals surface area contributed by atoms with Crippen molar-refractivity contribution >= 4 is 5.97 Å². The highest BCUT2D eigenvalue weighted by atomic mass is 16.5. The van der Waals surface area contributed by atoms with Crippen molar-refractivity contribution in [1.82, 2.24) is 0 Å². The molecule has 0 bridgehead atoms. The Labute approximate surface area is 147 Å². The minimum atomic E-state index is -0.988. The van der Waals surface area contributed by atoms with Crippen molar-refractivity contribution in [1.29, 1.82) is 0 Å². The molecule has 0 aliphatic carbocycles. The number of ether oxygens (including phenoxy) is 2. The Morgan fingerprint density at radius 1 is 0.920 bits per heavy atom. The molecule has 0 aromatic heterocycles. The topological polar surface area (TPSA) is 76.0 Å². The SMILES string of the molecule is CC(C)(C)c1ccc(OC[C@@H](O)COc2ccc(C(=O)O)cc2)cc1. The number of rotatable bonds is 7. The molecule has 0 saturated heterocycles. The van der Waals surface area contributed by atoms with E-state index >= 15 is 0 Å². The summed E-state index contributed by atoms with van der Waals surface area (Å²) in [7, 11) is 0. The predicted molar refractivity (Wildman–Crippen MR) is 95.5 cm³/mol. The highest BCUT2D eigenvalue weighted by Gasteiger charge is 2.13. The zero-order chi connectivity index (χ0) is 18.4. The Morgan fingerprint density at radius 2 is 1.36 bits per heavy atom. The molecule has 1 atom stereocenters. The lowest BCUT2D eigenvalue weighted by molar-refractivity contribution is 0.0625. The third kappa shape index (κ3) is 5.80. The van der Waals surface area contributed by atoms with Crippen molar-refractivity contribution < 1.29 is 24.5 Å². The van der Waals surface area contributed by atoms with Crippen LogP contribution in [0.2, 0.25) is 0 Å². The second-order valence-corrected chi connectivity index (χ2v) is 6.88. The van der Waals surface area contributed by atoms with E-state index in [-0.39, 0.29) is 24.2 Å². The highest BCUT2D eigenvalue weighted by Crippen LogP contribution is 2.24. The summed E-state index contributed by atoms with van der Waals surface area (Å²) in [6, 6.07) is 13.8. The Kier molecular flexibility index (Phi) is 6.04. The van der Waals surface area contributed by atoms with E-state index < -0.39 is 12.1 Å².